The van der Waals surface area contributed by atoms with Crippen LogP contribution in [0.1, 0.15) is 40.0 Å². The summed E-state index contributed by atoms with van der Waals surface area (Å²) in [5.41, 5.74) is 5.53. The maximum atomic E-state index is 8.75. The molecule has 0 bridgehead atoms. The first-order valence-corrected chi connectivity index (χ1v) is 5.59. The first-order chi connectivity index (χ1) is 6.64. The normalized spacial score (nSPS) is 17.8. The van der Waals surface area contributed by atoms with Gasteiger partial charge in [-0.05, 0) is 18.8 Å². The zero-order valence-corrected chi connectivity index (χ0v) is 9.75. The van der Waals surface area contributed by atoms with Crippen molar-refractivity contribution >= 4 is 0 Å². The number of nitrogens with two attached hydrogens (primary N) is 1. The van der Waals surface area contributed by atoms with Crippen molar-refractivity contribution in [1.29, 1.82) is 0 Å². The third-order valence-electron chi connectivity index (χ3n) is 2.93. The van der Waals surface area contributed by atoms with E-state index in [1.807, 2.05) is 0 Å². The Labute approximate surface area is 87.6 Å². The van der Waals surface area contributed by atoms with Crippen LogP contribution >= 0.6 is 0 Å². The summed E-state index contributed by atoms with van der Waals surface area (Å²) in [5, 5.41) is 8.75. The summed E-state index contributed by atoms with van der Waals surface area (Å²) in [5.74, 6) is 0.622. The Morgan fingerprint density at radius 2 is 2.07 bits per heavy atom. The van der Waals surface area contributed by atoms with Crippen LogP contribution in [0.2, 0.25) is 0 Å². The summed E-state index contributed by atoms with van der Waals surface area (Å²) in [6.45, 7) is 7.47. The van der Waals surface area contributed by atoms with Crippen LogP contribution in [0, 0.1) is 5.92 Å². The van der Waals surface area contributed by atoms with Crippen molar-refractivity contribution in [2.45, 2.75) is 45.6 Å². The Bertz CT molecular complexity index is 135. The molecule has 0 aliphatic heterocycles. The molecule has 0 fully saturated rings. The van der Waals surface area contributed by atoms with E-state index >= 15 is 0 Å². The lowest BCUT2D eigenvalue weighted by atomic mass is 9.87. The highest BCUT2D eigenvalue weighted by Gasteiger charge is 2.28. The molecule has 0 aromatic carbocycles. The topological polar surface area (TPSA) is 55.5 Å². The van der Waals surface area contributed by atoms with Gasteiger partial charge in [0.05, 0.1) is 18.8 Å². The highest BCUT2D eigenvalue weighted by atomic mass is 16.5. The molecule has 14 heavy (non-hydrogen) atoms. The molecular formula is C11H25NO2. The van der Waals surface area contributed by atoms with Crippen LogP contribution in [0.5, 0.6) is 0 Å². The molecule has 0 heterocycles. The lowest BCUT2D eigenvalue weighted by molar-refractivity contribution is -0.0678. The van der Waals surface area contributed by atoms with Gasteiger partial charge in [0.25, 0.3) is 0 Å². The van der Waals surface area contributed by atoms with E-state index in [-0.39, 0.29) is 12.2 Å². The van der Waals surface area contributed by atoms with Crippen LogP contribution in [0.3, 0.4) is 0 Å². The zero-order valence-electron chi connectivity index (χ0n) is 9.75. The van der Waals surface area contributed by atoms with E-state index in [4.69, 9.17) is 15.6 Å². The Morgan fingerprint density at radius 1 is 1.43 bits per heavy atom. The minimum atomic E-state index is -0.224. The number of hydrogen-bond donors (Lipinski definition) is 2. The molecule has 3 nitrogen and oxygen atoms in total. The van der Waals surface area contributed by atoms with Crippen molar-refractivity contribution in [1.82, 2.24) is 0 Å². The van der Waals surface area contributed by atoms with Gasteiger partial charge in [0.15, 0.2) is 0 Å². The van der Waals surface area contributed by atoms with E-state index < -0.39 is 0 Å². The third-order valence-corrected chi connectivity index (χ3v) is 2.93. The fourth-order valence-corrected chi connectivity index (χ4v) is 1.63. The van der Waals surface area contributed by atoms with Crippen molar-refractivity contribution in [3.8, 4) is 0 Å². The summed E-state index contributed by atoms with van der Waals surface area (Å²) >= 11 is 0. The summed E-state index contributed by atoms with van der Waals surface area (Å²) in [6.07, 6.45) is 3.04. The van der Waals surface area contributed by atoms with Crippen molar-refractivity contribution in [3.05, 3.63) is 0 Å². The second-order valence-electron chi connectivity index (χ2n) is 4.03. The van der Waals surface area contributed by atoms with Crippen LogP contribution in [0.25, 0.3) is 0 Å². The minimum Gasteiger partial charge on any atom is -0.394 e. The summed E-state index contributed by atoms with van der Waals surface area (Å²) in [4.78, 5) is 0. The minimum absolute atomic E-state index is 0.0717. The lowest BCUT2D eigenvalue weighted by Gasteiger charge is -2.33. The Balaban J connectivity index is 4.20. The lowest BCUT2D eigenvalue weighted by Crippen LogP contribution is -2.42. The molecular weight excluding hydrogens is 178 g/mol. The van der Waals surface area contributed by atoms with E-state index in [0.717, 1.165) is 19.3 Å². The molecule has 0 aromatic rings. The average Bonchev–Trinajstić information content (AvgIpc) is 2.24. The van der Waals surface area contributed by atoms with Gasteiger partial charge in [0.2, 0.25) is 0 Å². The van der Waals surface area contributed by atoms with E-state index in [2.05, 4.69) is 20.8 Å². The van der Waals surface area contributed by atoms with Gasteiger partial charge in [0, 0.05) is 6.54 Å². The van der Waals surface area contributed by atoms with Gasteiger partial charge in [-0.1, -0.05) is 27.2 Å². The molecule has 0 amide bonds. The van der Waals surface area contributed by atoms with Crippen LogP contribution < -0.4 is 5.73 Å². The molecule has 0 spiro atoms. The summed E-state index contributed by atoms with van der Waals surface area (Å²) in [7, 11) is 0. The second kappa shape index (κ2) is 7.21. The van der Waals surface area contributed by atoms with Gasteiger partial charge >= 0.3 is 0 Å². The Kier molecular flexibility index (Phi) is 7.15. The SMILES string of the molecule is CCC(C)CC(CC)(CN)OCCO. The molecule has 0 saturated heterocycles. The fourth-order valence-electron chi connectivity index (χ4n) is 1.63. The molecule has 0 rings (SSSR count). The molecule has 0 aromatic heterocycles. The molecule has 3 N–H and O–H groups in total. The van der Waals surface area contributed by atoms with Gasteiger partial charge in [-0.2, -0.15) is 0 Å². The summed E-state index contributed by atoms with van der Waals surface area (Å²) in [6, 6.07) is 0. The van der Waals surface area contributed by atoms with Gasteiger partial charge in [-0.15, -0.1) is 0 Å². The molecule has 0 radical (unpaired) electrons. The summed E-state index contributed by atoms with van der Waals surface area (Å²) < 4.78 is 5.67. The smallest absolute Gasteiger partial charge is 0.0805 e. The highest BCUT2D eigenvalue weighted by Crippen LogP contribution is 2.25. The van der Waals surface area contributed by atoms with E-state index in [0.29, 0.717) is 19.1 Å². The number of hydrogen-bond acceptors (Lipinski definition) is 3. The first-order valence-electron chi connectivity index (χ1n) is 5.59. The molecule has 86 valence electrons. The van der Waals surface area contributed by atoms with Crippen molar-refractivity contribution in [3.63, 3.8) is 0 Å². The van der Waals surface area contributed by atoms with Crippen LogP contribution in [-0.4, -0.2) is 30.5 Å². The van der Waals surface area contributed by atoms with Crippen LogP contribution in [0.4, 0.5) is 0 Å². The van der Waals surface area contributed by atoms with Crippen molar-refractivity contribution in [2.75, 3.05) is 19.8 Å². The Hall–Kier alpha value is -0.120. The molecule has 3 heteroatoms. The molecule has 2 unspecified atom stereocenters. The molecule has 0 aliphatic rings. The molecule has 0 aliphatic carbocycles. The van der Waals surface area contributed by atoms with E-state index in [1.165, 1.54) is 0 Å². The molecule has 2 atom stereocenters. The van der Waals surface area contributed by atoms with Crippen LogP contribution in [-0.2, 0) is 4.74 Å². The number of aliphatic hydroxyl groups is 1. The van der Waals surface area contributed by atoms with Crippen LogP contribution in [0.15, 0.2) is 0 Å². The van der Waals surface area contributed by atoms with Crippen molar-refractivity contribution < 1.29 is 9.84 Å². The number of aliphatic hydroxyl groups excluding tert-OH is 1. The standard InChI is InChI=1S/C11H25NO2/c1-4-10(3)8-11(5-2,9-12)14-7-6-13/h10,13H,4-9,12H2,1-3H3. The monoisotopic (exact) mass is 203 g/mol. The maximum absolute atomic E-state index is 8.75. The van der Waals surface area contributed by atoms with Crippen molar-refractivity contribution in [2.24, 2.45) is 11.7 Å². The maximum Gasteiger partial charge on any atom is 0.0805 e. The van der Waals surface area contributed by atoms with E-state index in [1.54, 1.807) is 0 Å². The quantitative estimate of drug-likeness (QED) is 0.629. The predicted molar refractivity (Wildman–Crippen MR) is 59.2 cm³/mol. The zero-order chi connectivity index (χ0) is 11.0. The largest absolute Gasteiger partial charge is 0.394 e. The third kappa shape index (κ3) is 4.40. The number of ether oxygens (including phenoxy) is 1. The molecule has 0 saturated carbocycles. The van der Waals surface area contributed by atoms with E-state index in [9.17, 15) is 0 Å². The fraction of sp³-hybridized carbons (Fsp3) is 1.00. The Morgan fingerprint density at radius 3 is 2.43 bits per heavy atom. The van der Waals surface area contributed by atoms with Gasteiger partial charge in [-0.25, -0.2) is 0 Å². The van der Waals surface area contributed by atoms with Gasteiger partial charge < -0.3 is 15.6 Å². The number of rotatable bonds is 8. The second-order valence-corrected chi connectivity index (χ2v) is 4.03. The first kappa shape index (κ1) is 13.9. The predicted octanol–water partition coefficient (Wildman–Crippen LogP) is 1.54. The highest BCUT2D eigenvalue weighted by molar-refractivity contribution is 4.82. The average molecular weight is 203 g/mol. The van der Waals surface area contributed by atoms with Gasteiger partial charge in [0.1, 0.15) is 0 Å². The van der Waals surface area contributed by atoms with Gasteiger partial charge in [-0.3, -0.25) is 0 Å².